The molecule has 0 aromatic carbocycles. The molecule has 0 spiro atoms. The highest BCUT2D eigenvalue weighted by atomic mass is 16.5. The van der Waals surface area contributed by atoms with E-state index in [9.17, 15) is 14.4 Å². The highest BCUT2D eigenvalue weighted by molar-refractivity contribution is 5.90. The van der Waals surface area contributed by atoms with E-state index in [1.54, 1.807) is 6.07 Å². The first-order chi connectivity index (χ1) is 9.63. The number of pyridine rings is 1. The van der Waals surface area contributed by atoms with Crippen LogP contribution in [0.25, 0.3) is 11.2 Å². The number of nitrogens with zero attached hydrogens (tertiary/aromatic N) is 2. The molecule has 3 heterocycles. The Labute approximate surface area is 109 Å². The van der Waals surface area contributed by atoms with Gasteiger partial charge in [0.25, 0.3) is 5.56 Å². The summed E-state index contributed by atoms with van der Waals surface area (Å²) in [4.78, 5) is 48.7. The van der Waals surface area contributed by atoms with Gasteiger partial charge in [-0.05, 0) is 12.1 Å². The molecule has 0 saturated heterocycles. The lowest BCUT2D eigenvalue weighted by Crippen LogP contribution is -2.21. The van der Waals surface area contributed by atoms with E-state index in [0.29, 0.717) is 0 Å². The molecule has 0 fully saturated rings. The number of rotatable bonds is 2. The van der Waals surface area contributed by atoms with Crippen LogP contribution in [0.5, 0.6) is 6.01 Å². The minimum Gasteiger partial charge on any atom is -0.388 e. The van der Waals surface area contributed by atoms with E-state index >= 15 is 0 Å². The summed E-state index contributed by atoms with van der Waals surface area (Å²) in [6, 6.07) is 2.91. The second-order valence-electron chi connectivity index (χ2n) is 3.81. The minimum absolute atomic E-state index is 0.00716. The number of imidazole rings is 1. The molecular weight excluding hydrogens is 266 g/mol. The second-order valence-corrected chi connectivity index (χ2v) is 3.81. The average Bonchev–Trinajstić information content (AvgIpc) is 2.82. The third kappa shape index (κ3) is 2.07. The molecule has 9 nitrogen and oxygen atoms in total. The van der Waals surface area contributed by atoms with Gasteiger partial charge in [0.15, 0.2) is 11.2 Å². The van der Waals surface area contributed by atoms with Gasteiger partial charge >= 0.3 is 17.7 Å². The Balaban J connectivity index is 1.96. The number of ether oxygens (including phenoxy) is 1. The summed E-state index contributed by atoms with van der Waals surface area (Å²) < 4.78 is 4.96. The average molecular weight is 273 g/mol. The number of nitrogens with one attached hydrogen (secondary N) is 3. The summed E-state index contributed by atoms with van der Waals surface area (Å²) >= 11 is 0. The number of H-pyrrole nitrogens is 3. The van der Waals surface area contributed by atoms with Crippen molar-refractivity contribution in [3.63, 3.8) is 0 Å². The fourth-order valence-corrected chi connectivity index (χ4v) is 1.59. The fourth-order valence-electron chi connectivity index (χ4n) is 1.59. The summed E-state index contributed by atoms with van der Waals surface area (Å²) in [7, 11) is 0. The standard InChI is InChI=1S/C11H7N5O4/c17-8-6-7(14-10(19)16-8)15-11(13-6)20-9(18)5-2-1-3-12-4-5/h1-4H,(H3,13,14,15,16,17,19). The molecule has 3 aromatic heterocycles. The Kier molecular flexibility index (Phi) is 2.64. The van der Waals surface area contributed by atoms with Crippen molar-refractivity contribution < 1.29 is 9.53 Å². The first-order valence-corrected chi connectivity index (χ1v) is 5.48. The van der Waals surface area contributed by atoms with Crippen LogP contribution in [-0.2, 0) is 0 Å². The van der Waals surface area contributed by atoms with Gasteiger partial charge < -0.3 is 9.72 Å². The zero-order chi connectivity index (χ0) is 14.1. The van der Waals surface area contributed by atoms with Crippen LogP contribution in [0.2, 0.25) is 0 Å². The number of aromatic amines is 3. The van der Waals surface area contributed by atoms with E-state index in [4.69, 9.17) is 4.74 Å². The van der Waals surface area contributed by atoms with Gasteiger partial charge in [-0.3, -0.25) is 19.7 Å². The summed E-state index contributed by atoms with van der Waals surface area (Å²) in [6.45, 7) is 0. The number of hydrogen-bond donors (Lipinski definition) is 3. The Morgan fingerprint density at radius 2 is 2.05 bits per heavy atom. The molecule has 3 N–H and O–H groups in total. The van der Waals surface area contributed by atoms with E-state index in [2.05, 4.69) is 19.9 Å². The third-order valence-corrected chi connectivity index (χ3v) is 2.45. The van der Waals surface area contributed by atoms with Gasteiger partial charge in [-0.2, -0.15) is 4.98 Å². The summed E-state index contributed by atoms with van der Waals surface area (Å²) in [6.07, 6.45) is 2.85. The maximum absolute atomic E-state index is 11.8. The number of esters is 1. The molecule has 0 aliphatic carbocycles. The van der Waals surface area contributed by atoms with Crippen LogP contribution in [0.1, 0.15) is 10.4 Å². The van der Waals surface area contributed by atoms with Crippen molar-refractivity contribution in [1.29, 1.82) is 0 Å². The minimum atomic E-state index is -0.695. The summed E-state index contributed by atoms with van der Waals surface area (Å²) in [5, 5.41) is 0. The van der Waals surface area contributed by atoms with Crippen LogP contribution in [0.4, 0.5) is 0 Å². The SMILES string of the molecule is O=C(Oc1nc2[nH]c(=O)[nH]c(=O)c2[nH]1)c1cccnc1. The molecule has 20 heavy (non-hydrogen) atoms. The fraction of sp³-hybridized carbons (Fsp3) is 0. The highest BCUT2D eigenvalue weighted by Gasteiger charge is 2.13. The maximum atomic E-state index is 11.8. The molecule has 0 radical (unpaired) electrons. The predicted molar refractivity (Wildman–Crippen MR) is 66.5 cm³/mol. The van der Waals surface area contributed by atoms with Gasteiger partial charge in [0, 0.05) is 12.4 Å². The van der Waals surface area contributed by atoms with Crippen molar-refractivity contribution in [2.75, 3.05) is 0 Å². The predicted octanol–water partition coefficient (Wildman–Crippen LogP) is -0.446. The quantitative estimate of drug-likeness (QED) is 0.541. The van der Waals surface area contributed by atoms with E-state index in [1.165, 1.54) is 18.5 Å². The van der Waals surface area contributed by atoms with E-state index in [0.717, 1.165) is 0 Å². The normalized spacial score (nSPS) is 10.6. The number of fused-ring (bicyclic) bond motifs is 1. The molecule has 9 heteroatoms. The van der Waals surface area contributed by atoms with Gasteiger partial charge in [-0.1, -0.05) is 0 Å². The van der Waals surface area contributed by atoms with Gasteiger partial charge in [-0.25, -0.2) is 9.59 Å². The van der Waals surface area contributed by atoms with Gasteiger partial charge in [-0.15, -0.1) is 0 Å². The molecule has 0 saturated carbocycles. The Morgan fingerprint density at radius 1 is 1.20 bits per heavy atom. The largest absolute Gasteiger partial charge is 0.388 e. The maximum Gasteiger partial charge on any atom is 0.347 e. The summed E-state index contributed by atoms with van der Waals surface area (Å²) in [5.74, 6) is -0.684. The van der Waals surface area contributed by atoms with Crippen LogP contribution >= 0.6 is 0 Å². The van der Waals surface area contributed by atoms with Crippen molar-refractivity contribution in [3.8, 4) is 6.01 Å². The van der Waals surface area contributed by atoms with Crippen molar-refractivity contribution in [2.45, 2.75) is 0 Å². The van der Waals surface area contributed by atoms with Crippen molar-refractivity contribution >= 4 is 17.1 Å². The molecule has 3 rings (SSSR count). The Bertz CT molecular complexity index is 892. The topological polar surface area (TPSA) is 134 Å². The number of carbonyl (C=O) groups excluding carboxylic acids is 1. The third-order valence-electron chi connectivity index (χ3n) is 2.45. The molecule has 100 valence electrons. The first kappa shape index (κ1) is 11.8. The molecular formula is C11H7N5O4. The van der Waals surface area contributed by atoms with Gasteiger partial charge in [0.05, 0.1) is 5.56 Å². The van der Waals surface area contributed by atoms with Crippen molar-refractivity contribution in [2.24, 2.45) is 0 Å². The zero-order valence-electron chi connectivity index (χ0n) is 9.84. The molecule has 0 aliphatic rings. The monoisotopic (exact) mass is 273 g/mol. The van der Waals surface area contributed by atoms with E-state index < -0.39 is 17.2 Å². The molecule has 0 aliphatic heterocycles. The lowest BCUT2D eigenvalue weighted by molar-refractivity contribution is 0.0721. The van der Waals surface area contributed by atoms with Crippen molar-refractivity contribution in [1.82, 2.24) is 24.9 Å². The van der Waals surface area contributed by atoms with E-state index in [-0.39, 0.29) is 22.7 Å². The van der Waals surface area contributed by atoms with Gasteiger partial charge in [0.1, 0.15) is 0 Å². The van der Waals surface area contributed by atoms with E-state index in [1.807, 2.05) is 4.98 Å². The van der Waals surface area contributed by atoms with Crippen molar-refractivity contribution in [3.05, 3.63) is 50.9 Å². The number of carbonyl (C=O) groups is 1. The van der Waals surface area contributed by atoms with Crippen LogP contribution in [-0.4, -0.2) is 30.9 Å². The Morgan fingerprint density at radius 3 is 2.80 bits per heavy atom. The van der Waals surface area contributed by atoms with Crippen LogP contribution in [0.3, 0.4) is 0 Å². The smallest absolute Gasteiger partial charge is 0.347 e. The molecule has 0 bridgehead atoms. The second kappa shape index (κ2) is 4.46. The first-order valence-electron chi connectivity index (χ1n) is 5.48. The number of aromatic nitrogens is 5. The molecule has 3 aromatic rings. The Hall–Kier alpha value is -3.23. The van der Waals surface area contributed by atoms with Crippen LogP contribution in [0, 0.1) is 0 Å². The van der Waals surface area contributed by atoms with Crippen LogP contribution < -0.4 is 16.0 Å². The molecule has 0 unspecified atom stereocenters. The lowest BCUT2D eigenvalue weighted by atomic mass is 10.3. The zero-order valence-corrected chi connectivity index (χ0v) is 9.84. The number of hydrogen-bond acceptors (Lipinski definition) is 6. The van der Waals surface area contributed by atoms with Gasteiger partial charge in [0.2, 0.25) is 0 Å². The molecule has 0 amide bonds. The molecule has 0 atom stereocenters. The lowest BCUT2D eigenvalue weighted by Gasteiger charge is -1.98. The van der Waals surface area contributed by atoms with Crippen LogP contribution in [0.15, 0.2) is 34.1 Å². The summed E-state index contributed by atoms with van der Waals surface area (Å²) in [5.41, 5.74) is -1.10. The highest BCUT2D eigenvalue weighted by Crippen LogP contribution is 2.10.